The van der Waals surface area contributed by atoms with Crippen LogP contribution in [0.5, 0.6) is 0 Å². The number of hydrogen-bond donors (Lipinski definition) is 0. The van der Waals surface area contributed by atoms with Crippen molar-refractivity contribution in [3.05, 3.63) is 83.7 Å². The lowest BCUT2D eigenvalue weighted by atomic mass is 10.1. The van der Waals surface area contributed by atoms with Crippen molar-refractivity contribution in [1.82, 2.24) is 19.6 Å². The highest BCUT2D eigenvalue weighted by atomic mass is 16.5. The molecule has 0 bridgehead atoms. The Morgan fingerprint density at radius 3 is 2.45 bits per heavy atom. The molecule has 1 atom stereocenters. The van der Waals surface area contributed by atoms with Crippen molar-refractivity contribution in [3.8, 4) is 5.69 Å². The zero-order valence-electron chi connectivity index (χ0n) is 18.3. The number of carbonyl (C=O) groups excluding carboxylic acids is 1. The van der Waals surface area contributed by atoms with E-state index in [1.165, 1.54) is 0 Å². The Kier molecular flexibility index (Phi) is 6.79. The molecule has 31 heavy (non-hydrogen) atoms. The van der Waals surface area contributed by atoms with Gasteiger partial charge in [-0.1, -0.05) is 30.3 Å². The number of amides is 1. The van der Waals surface area contributed by atoms with Crippen LogP contribution in [0.3, 0.4) is 0 Å². The fourth-order valence-electron chi connectivity index (χ4n) is 3.94. The number of hydrogen-bond acceptors (Lipinski definition) is 4. The Balaban J connectivity index is 1.53. The highest BCUT2D eigenvalue weighted by Gasteiger charge is 2.24. The van der Waals surface area contributed by atoms with Gasteiger partial charge in [0.15, 0.2) is 0 Å². The Labute approximate surface area is 184 Å². The number of aromatic nitrogens is 2. The first kappa shape index (κ1) is 21.3. The lowest BCUT2D eigenvalue weighted by Crippen LogP contribution is -2.48. The second-order valence-electron chi connectivity index (χ2n) is 8.19. The summed E-state index contributed by atoms with van der Waals surface area (Å²) in [5.74, 6) is 0.0489. The van der Waals surface area contributed by atoms with Gasteiger partial charge in [0.2, 0.25) is 0 Å². The summed E-state index contributed by atoms with van der Waals surface area (Å²) in [4.78, 5) is 17.9. The van der Waals surface area contributed by atoms with Crippen LogP contribution in [-0.2, 0) is 11.3 Å². The van der Waals surface area contributed by atoms with Gasteiger partial charge in [0.1, 0.15) is 0 Å². The molecule has 6 heteroatoms. The number of ether oxygens (including phenoxy) is 1. The average Bonchev–Trinajstić information content (AvgIpc) is 3.25. The summed E-state index contributed by atoms with van der Waals surface area (Å²) >= 11 is 0. The smallest absolute Gasteiger partial charge is 0.254 e. The third-order valence-corrected chi connectivity index (χ3v) is 5.71. The van der Waals surface area contributed by atoms with Crippen molar-refractivity contribution >= 4 is 5.91 Å². The molecule has 1 aromatic heterocycles. The number of aryl methyl sites for hydroxylation is 1. The molecule has 1 aliphatic heterocycles. The molecule has 0 N–H and O–H groups in total. The predicted octanol–water partition coefficient (Wildman–Crippen LogP) is 3.54. The maximum atomic E-state index is 13.5. The second-order valence-corrected chi connectivity index (χ2v) is 8.19. The van der Waals surface area contributed by atoms with Crippen LogP contribution in [0.15, 0.2) is 67.0 Å². The van der Waals surface area contributed by atoms with Gasteiger partial charge < -0.3 is 9.64 Å². The first-order valence-electron chi connectivity index (χ1n) is 10.9. The lowest BCUT2D eigenvalue weighted by Gasteiger charge is -2.35. The van der Waals surface area contributed by atoms with E-state index in [0.29, 0.717) is 12.1 Å². The molecule has 0 radical (unpaired) electrons. The van der Waals surface area contributed by atoms with Crippen LogP contribution in [0, 0.1) is 6.92 Å². The average molecular weight is 419 g/mol. The largest absolute Gasteiger partial charge is 0.379 e. The molecule has 1 fully saturated rings. The third kappa shape index (κ3) is 5.40. The molecule has 1 saturated heterocycles. The molecule has 0 saturated carbocycles. The highest BCUT2D eigenvalue weighted by Crippen LogP contribution is 2.17. The number of benzene rings is 2. The van der Waals surface area contributed by atoms with Gasteiger partial charge in [-0.25, -0.2) is 4.68 Å². The van der Waals surface area contributed by atoms with Gasteiger partial charge in [0.05, 0.1) is 25.1 Å². The molecule has 1 unspecified atom stereocenters. The number of morpholine rings is 1. The van der Waals surface area contributed by atoms with E-state index in [-0.39, 0.29) is 11.9 Å². The normalized spacial score (nSPS) is 15.5. The lowest BCUT2D eigenvalue weighted by molar-refractivity contribution is 0.0228. The van der Waals surface area contributed by atoms with Crippen LogP contribution in [0.25, 0.3) is 5.69 Å². The van der Waals surface area contributed by atoms with Gasteiger partial charge in [-0.15, -0.1) is 0 Å². The molecule has 162 valence electrons. The predicted molar refractivity (Wildman–Crippen MR) is 121 cm³/mol. The highest BCUT2D eigenvalue weighted by molar-refractivity contribution is 5.94. The summed E-state index contributed by atoms with van der Waals surface area (Å²) in [6, 6.07) is 18.0. The first-order valence-corrected chi connectivity index (χ1v) is 10.9. The summed E-state index contributed by atoms with van der Waals surface area (Å²) < 4.78 is 7.30. The topological polar surface area (TPSA) is 50.6 Å². The van der Waals surface area contributed by atoms with Crippen molar-refractivity contribution in [2.75, 3.05) is 32.8 Å². The molecular formula is C25H30N4O2. The van der Waals surface area contributed by atoms with E-state index in [2.05, 4.69) is 29.1 Å². The van der Waals surface area contributed by atoms with E-state index in [4.69, 9.17) is 4.74 Å². The summed E-state index contributed by atoms with van der Waals surface area (Å²) in [7, 11) is 0. The first-order chi connectivity index (χ1) is 15.1. The zero-order chi connectivity index (χ0) is 21.6. The molecule has 2 heterocycles. The Bertz CT molecular complexity index is 978. The van der Waals surface area contributed by atoms with Crippen molar-refractivity contribution in [2.45, 2.75) is 26.4 Å². The quantitative estimate of drug-likeness (QED) is 0.589. The van der Waals surface area contributed by atoms with Crippen molar-refractivity contribution < 1.29 is 9.53 Å². The fraction of sp³-hybridized carbons (Fsp3) is 0.360. The molecule has 0 spiro atoms. The molecule has 3 aromatic rings. The van der Waals surface area contributed by atoms with Gasteiger partial charge in [-0.3, -0.25) is 9.69 Å². The number of nitrogens with zero attached hydrogens (tertiary/aromatic N) is 4. The molecular weight excluding hydrogens is 388 g/mol. The second kappa shape index (κ2) is 9.90. The van der Waals surface area contributed by atoms with E-state index in [1.54, 1.807) is 0 Å². The minimum absolute atomic E-state index is 0.0489. The van der Waals surface area contributed by atoms with E-state index >= 15 is 0 Å². The number of carbonyl (C=O) groups is 1. The van der Waals surface area contributed by atoms with Crippen LogP contribution in [0.4, 0.5) is 0 Å². The SMILES string of the molecule is Cc1cnn(-c2ccc(C(=O)N(Cc3ccccc3)C(C)CN3CCOCC3)cc2)c1. The van der Waals surface area contributed by atoms with E-state index < -0.39 is 0 Å². The maximum Gasteiger partial charge on any atom is 0.254 e. The van der Waals surface area contributed by atoms with Crippen LogP contribution < -0.4 is 0 Å². The maximum absolute atomic E-state index is 13.5. The molecule has 2 aromatic carbocycles. The zero-order valence-corrected chi connectivity index (χ0v) is 18.3. The van der Waals surface area contributed by atoms with Gasteiger partial charge >= 0.3 is 0 Å². The minimum Gasteiger partial charge on any atom is -0.379 e. The summed E-state index contributed by atoms with van der Waals surface area (Å²) in [5.41, 5.74) is 3.87. The Morgan fingerprint density at radius 2 is 1.81 bits per heavy atom. The third-order valence-electron chi connectivity index (χ3n) is 5.71. The van der Waals surface area contributed by atoms with Crippen molar-refractivity contribution in [2.24, 2.45) is 0 Å². The monoisotopic (exact) mass is 418 g/mol. The number of rotatable bonds is 7. The summed E-state index contributed by atoms with van der Waals surface area (Å²) in [6.07, 6.45) is 3.80. The van der Waals surface area contributed by atoms with Crippen LogP contribution >= 0.6 is 0 Å². The van der Waals surface area contributed by atoms with Crippen molar-refractivity contribution in [1.29, 1.82) is 0 Å². The molecule has 4 rings (SSSR count). The van der Waals surface area contributed by atoms with Gasteiger partial charge in [-0.05, 0) is 49.2 Å². The van der Waals surface area contributed by atoms with Gasteiger partial charge in [-0.2, -0.15) is 5.10 Å². The van der Waals surface area contributed by atoms with Crippen LogP contribution in [0.2, 0.25) is 0 Å². The fourth-order valence-corrected chi connectivity index (χ4v) is 3.94. The van der Waals surface area contributed by atoms with E-state index in [1.807, 2.05) is 71.4 Å². The molecule has 1 amide bonds. The van der Waals surface area contributed by atoms with Crippen molar-refractivity contribution in [3.63, 3.8) is 0 Å². The minimum atomic E-state index is 0.0489. The molecule has 0 aliphatic carbocycles. The Morgan fingerprint density at radius 1 is 1.10 bits per heavy atom. The van der Waals surface area contributed by atoms with E-state index in [9.17, 15) is 4.79 Å². The Hall–Kier alpha value is -2.96. The van der Waals surface area contributed by atoms with Gasteiger partial charge in [0.25, 0.3) is 5.91 Å². The summed E-state index contributed by atoms with van der Waals surface area (Å²) in [5, 5.41) is 4.35. The molecule has 6 nitrogen and oxygen atoms in total. The summed E-state index contributed by atoms with van der Waals surface area (Å²) in [6.45, 7) is 8.92. The van der Waals surface area contributed by atoms with Gasteiger partial charge in [0, 0.05) is 44.0 Å². The standard InChI is InChI=1S/C25H30N4O2/c1-20-16-26-29(17-20)24-10-8-23(9-11-24)25(30)28(19-22-6-4-3-5-7-22)21(2)18-27-12-14-31-15-13-27/h3-11,16-17,21H,12-15,18-19H2,1-2H3. The van der Waals surface area contributed by atoms with Crippen LogP contribution in [-0.4, -0.2) is 64.4 Å². The molecule has 1 aliphatic rings. The van der Waals surface area contributed by atoms with Crippen LogP contribution in [0.1, 0.15) is 28.4 Å². The van der Waals surface area contributed by atoms with E-state index in [0.717, 1.165) is 49.7 Å².